The molecule has 41 heavy (non-hydrogen) atoms. The number of nitrogens with one attached hydrogen (secondary N) is 1. The van der Waals surface area contributed by atoms with Gasteiger partial charge in [0.2, 0.25) is 11.8 Å². The number of hydrogen-bond donors (Lipinski definition) is 1. The number of amides is 2. The fraction of sp³-hybridized carbons (Fsp3) is 0.333. The molecule has 0 fully saturated rings. The quantitative estimate of drug-likeness (QED) is 0.256. The molecule has 2 atom stereocenters. The van der Waals surface area contributed by atoms with Crippen LogP contribution >= 0.6 is 23.2 Å². The largest absolute Gasteiger partial charge is 0.497 e. The van der Waals surface area contributed by atoms with Gasteiger partial charge in [0.25, 0.3) is 10.0 Å². The summed E-state index contributed by atoms with van der Waals surface area (Å²) in [6.45, 7) is 5.07. The van der Waals surface area contributed by atoms with E-state index in [0.29, 0.717) is 34.2 Å². The number of methoxy groups -OCH3 is 1. The maximum Gasteiger partial charge on any atom is 0.264 e. The van der Waals surface area contributed by atoms with Crippen LogP contribution in [0.15, 0.2) is 77.7 Å². The molecule has 1 N–H and O–H groups in total. The average molecular weight is 621 g/mol. The van der Waals surface area contributed by atoms with E-state index in [2.05, 4.69) is 5.32 Å². The third kappa shape index (κ3) is 8.15. The molecule has 8 nitrogen and oxygen atoms in total. The molecule has 11 heteroatoms. The summed E-state index contributed by atoms with van der Waals surface area (Å²) in [6.07, 6.45) is 1.02. The van der Waals surface area contributed by atoms with Gasteiger partial charge < -0.3 is 15.0 Å². The van der Waals surface area contributed by atoms with Crippen molar-refractivity contribution in [2.75, 3.05) is 18.0 Å². The summed E-state index contributed by atoms with van der Waals surface area (Å²) in [6, 6.07) is 18.2. The molecule has 0 heterocycles. The van der Waals surface area contributed by atoms with E-state index in [0.717, 1.165) is 4.31 Å². The standard InChI is InChI=1S/C30H35Cl2N3O5S/c1-5-21(3)33-30(37)28(6-2)34(19-22-10-7-8-13-27(22)32)29(36)20-35(24-12-9-11-23(31)18-24)41(38,39)26-16-14-25(40-4)15-17-26/h7-18,21,28H,5-6,19-20H2,1-4H3,(H,33,37)/t21-,28-/m0/s1. The number of carbonyl (C=O) groups excluding carboxylic acids is 2. The third-order valence-electron chi connectivity index (χ3n) is 6.71. The first-order chi connectivity index (χ1) is 19.5. The Balaban J connectivity index is 2.07. The highest BCUT2D eigenvalue weighted by Crippen LogP contribution is 2.28. The molecule has 3 rings (SSSR count). The third-order valence-corrected chi connectivity index (χ3v) is 9.10. The smallest absolute Gasteiger partial charge is 0.264 e. The van der Waals surface area contributed by atoms with Gasteiger partial charge in [0.05, 0.1) is 17.7 Å². The van der Waals surface area contributed by atoms with E-state index < -0.39 is 28.5 Å². The number of hydrogen-bond acceptors (Lipinski definition) is 5. The molecular formula is C30H35Cl2N3O5S. The van der Waals surface area contributed by atoms with Crippen molar-refractivity contribution in [3.63, 3.8) is 0 Å². The average Bonchev–Trinajstić information content (AvgIpc) is 2.96. The Morgan fingerprint density at radius 2 is 1.63 bits per heavy atom. The van der Waals surface area contributed by atoms with Crippen LogP contribution in [0.2, 0.25) is 10.0 Å². The van der Waals surface area contributed by atoms with Crippen molar-refractivity contribution >= 4 is 50.7 Å². The van der Waals surface area contributed by atoms with E-state index >= 15 is 0 Å². The number of rotatable bonds is 13. The van der Waals surface area contributed by atoms with E-state index in [1.54, 1.807) is 49.4 Å². The van der Waals surface area contributed by atoms with Gasteiger partial charge in [-0.05, 0) is 73.9 Å². The van der Waals surface area contributed by atoms with Gasteiger partial charge in [0.15, 0.2) is 0 Å². The van der Waals surface area contributed by atoms with E-state index in [1.165, 1.54) is 42.3 Å². The summed E-state index contributed by atoms with van der Waals surface area (Å²) in [5.41, 5.74) is 0.834. The van der Waals surface area contributed by atoms with Crippen molar-refractivity contribution in [2.45, 2.75) is 57.1 Å². The first-order valence-corrected chi connectivity index (χ1v) is 15.5. The lowest BCUT2D eigenvalue weighted by atomic mass is 10.1. The zero-order chi connectivity index (χ0) is 30.2. The molecule has 220 valence electrons. The second-order valence-electron chi connectivity index (χ2n) is 9.52. The van der Waals surface area contributed by atoms with Crippen LogP contribution in [0.3, 0.4) is 0 Å². The number of nitrogens with zero attached hydrogens (tertiary/aromatic N) is 2. The van der Waals surface area contributed by atoms with Gasteiger partial charge in [-0.3, -0.25) is 13.9 Å². The zero-order valence-corrected chi connectivity index (χ0v) is 25.8. The van der Waals surface area contributed by atoms with Crippen molar-refractivity contribution in [3.05, 3.63) is 88.4 Å². The molecule has 0 bridgehead atoms. The highest BCUT2D eigenvalue weighted by molar-refractivity contribution is 7.92. The lowest BCUT2D eigenvalue weighted by molar-refractivity contribution is -0.140. The molecule has 0 aliphatic heterocycles. The van der Waals surface area contributed by atoms with Gasteiger partial charge in [-0.1, -0.05) is 61.3 Å². The molecule has 0 aromatic heterocycles. The van der Waals surface area contributed by atoms with Crippen LogP contribution in [-0.2, 0) is 26.2 Å². The van der Waals surface area contributed by atoms with Crippen LogP contribution in [0.1, 0.15) is 39.2 Å². The molecule has 0 radical (unpaired) electrons. The molecule has 0 saturated heterocycles. The van der Waals surface area contributed by atoms with Gasteiger partial charge in [-0.25, -0.2) is 8.42 Å². The van der Waals surface area contributed by atoms with Crippen molar-refractivity contribution < 1.29 is 22.7 Å². The van der Waals surface area contributed by atoms with E-state index in [4.69, 9.17) is 27.9 Å². The van der Waals surface area contributed by atoms with Crippen molar-refractivity contribution in [1.82, 2.24) is 10.2 Å². The first-order valence-electron chi connectivity index (χ1n) is 13.3. The molecule has 0 unspecified atom stereocenters. The Morgan fingerprint density at radius 3 is 2.22 bits per heavy atom. The Kier molecular flexibility index (Phi) is 11.5. The number of anilines is 1. The second-order valence-corrected chi connectivity index (χ2v) is 12.2. The predicted octanol–water partition coefficient (Wildman–Crippen LogP) is 5.92. The highest BCUT2D eigenvalue weighted by atomic mass is 35.5. The maximum atomic E-state index is 14.1. The number of sulfonamides is 1. The van der Waals surface area contributed by atoms with E-state index in [1.807, 2.05) is 13.8 Å². The summed E-state index contributed by atoms with van der Waals surface area (Å²) >= 11 is 12.7. The predicted molar refractivity (Wildman–Crippen MR) is 163 cm³/mol. The van der Waals surface area contributed by atoms with Crippen LogP contribution in [0.25, 0.3) is 0 Å². The molecule has 0 aliphatic carbocycles. The van der Waals surface area contributed by atoms with Crippen molar-refractivity contribution in [3.8, 4) is 5.75 Å². The monoisotopic (exact) mass is 619 g/mol. The molecule has 2 amide bonds. The minimum absolute atomic E-state index is 0.0108. The summed E-state index contributed by atoms with van der Waals surface area (Å²) in [4.78, 5) is 28.8. The fourth-order valence-electron chi connectivity index (χ4n) is 4.21. The van der Waals surface area contributed by atoms with Gasteiger partial charge in [0, 0.05) is 22.6 Å². The van der Waals surface area contributed by atoms with Crippen LogP contribution in [0.5, 0.6) is 5.75 Å². The van der Waals surface area contributed by atoms with E-state index in [-0.39, 0.29) is 29.1 Å². The van der Waals surface area contributed by atoms with Gasteiger partial charge in [-0.15, -0.1) is 0 Å². The molecule has 0 spiro atoms. The minimum Gasteiger partial charge on any atom is -0.497 e. The summed E-state index contributed by atoms with van der Waals surface area (Å²) in [7, 11) is -2.75. The summed E-state index contributed by atoms with van der Waals surface area (Å²) in [5, 5.41) is 3.68. The van der Waals surface area contributed by atoms with Gasteiger partial charge in [-0.2, -0.15) is 0 Å². The van der Waals surface area contributed by atoms with Crippen LogP contribution < -0.4 is 14.4 Å². The van der Waals surface area contributed by atoms with Gasteiger partial charge in [0.1, 0.15) is 18.3 Å². The van der Waals surface area contributed by atoms with Crippen molar-refractivity contribution in [2.24, 2.45) is 0 Å². The topological polar surface area (TPSA) is 96.0 Å². The number of carbonyl (C=O) groups is 2. The molecule has 0 saturated carbocycles. The molecule has 0 aliphatic rings. The number of benzene rings is 3. The van der Waals surface area contributed by atoms with Crippen LogP contribution in [-0.4, -0.2) is 50.9 Å². The second kappa shape index (κ2) is 14.6. The zero-order valence-electron chi connectivity index (χ0n) is 23.5. The SMILES string of the molecule is CC[C@H](C)NC(=O)[C@H](CC)N(Cc1ccccc1Cl)C(=O)CN(c1cccc(Cl)c1)S(=O)(=O)c1ccc(OC)cc1. The molecular weight excluding hydrogens is 585 g/mol. The Bertz CT molecular complexity index is 1450. The first kappa shape index (κ1) is 32.2. The Hall–Kier alpha value is -3.27. The highest BCUT2D eigenvalue weighted by Gasteiger charge is 2.34. The summed E-state index contributed by atoms with van der Waals surface area (Å²) in [5.74, 6) is -0.416. The lowest BCUT2D eigenvalue weighted by Crippen LogP contribution is -2.53. The normalized spacial score (nSPS) is 12.7. The van der Waals surface area contributed by atoms with Gasteiger partial charge >= 0.3 is 0 Å². The minimum atomic E-state index is -4.24. The van der Waals surface area contributed by atoms with E-state index in [9.17, 15) is 18.0 Å². The fourth-order valence-corrected chi connectivity index (χ4v) is 5.99. The lowest BCUT2D eigenvalue weighted by Gasteiger charge is -2.34. The maximum absolute atomic E-state index is 14.1. The van der Waals surface area contributed by atoms with Crippen LogP contribution in [0, 0.1) is 0 Å². The molecule has 3 aromatic rings. The van der Waals surface area contributed by atoms with Crippen LogP contribution in [0.4, 0.5) is 5.69 Å². The Morgan fingerprint density at radius 1 is 0.951 bits per heavy atom. The molecule has 3 aromatic carbocycles. The number of ether oxygens (including phenoxy) is 1. The van der Waals surface area contributed by atoms with Crippen molar-refractivity contribution in [1.29, 1.82) is 0 Å². The Labute approximate surface area is 252 Å². The summed E-state index contributed by atoms with van der Waals surface area (Å²) < 4.78 is 34.1. The number of halogens is 2.